The van der Waals surface area contributed by atoms with Gasteiger partial charge in [-0.15, -0.1) is 0 Å². The first kappa shape index (κ1) is 15.5. The van der Waals surface area contributed by atoms with Crippen LogP contribution < -0.4 is 15.8 Å². The first-order chi connectivity index (χ1) is 9.97. The molecule has 0 heterocycles. The van der Waals surface area contributed by atoms with E-state index in [1.807, 2.05) is 6.92 Å². The molecule has 0 bridgehead atoms. The molecule has 0 aromatic heterocycles. The summed E-state index contributed by atoms with van der Waals surface area (Å²) in [6.07, 6.45) is 0.568. The fraction of sp³-hybridized carbons (Fsp3) is 0.538. The van der Waals surface area contributed by atoms with Crippen molar-refractivity contribution < 1.29 is 18.8 Å². The largest absolute Gasteiger partial charge is 0.494 e. The summed E-state index contributed by atoms with van der Waals surface area (Å²) in [5.41, 5.74) is 5.71. The van der Waals surface area contributed by atoms with Crippen LogP contribution in [0.2, 0.25) is 0 Å². The topological polar surface area (TPSA) is 99.7 Å². The molecule has 0 spiro atoms. The third-order valence-corrected chi connectivity index (χ3v) is 3.54. The van der Waals surface area contributed by atoms with Crippen molar-refractivity contribution in [3.8, 4) is 5.75 Å². The minimum Gasteiger partial charge on any atom is -0.494 e. The second-order valence-electron chi connectivity index (χ2n) is 4.82. The zero-order valence-corrected chi connectivity index (χ0v) is 11.8. The minimum absolute atomic E-state index is 0.0658. The van der Waals surface area contributed by atoms with Gasteiger partial charge in [-0.25, -0.2) is 4.39 Å². The summed E-state index contributed by atoms with van der Waals surface area (Å²) in [4.78, 5) is 10.4. The third kappa shape index (κ3) is 3.06. The van der Waals surface area contributed by atoms with Gasteiger partial charge in [0.2, 0.25) is 0 Å². The Bertz CT molecular complexity index is 538. The van der Waals surface area contributed by atoms with Crippen LogP contribution in [0.5, 0.6) is 5.75 Å². The van der Waals surface area contributed by atoms with E-state index in [4.69, 9.17) is 15.2 Å². The average Bonchev–Trinajstić information content (AvgIpc) is 2.45. The molecule has 2 rings (SSSR count). The molecule has 1 saturated carbocycles. The fourth-order valence-electron chi connectivity index (χ4n) is 2.37. The van der Waals surface area contributed by atoms with E-state index in [-0.39, 0.29) is 35.3 Å². The Balaban J connectivity index is 2.27. The van der Waals surface area contributed by atoms with E-state index in [2.05, 4.69) is 5.32 Å². The van der Waals surface area contributed by atoms with Crippen molar-refractivity contribution in [2.75, 3.05) is 19.0 Å². The number of benzene rings is 1. The van der Waals surface area contributed by atoms with Crippen molar-refractivity contribution in [1.82, 2.24) is 0 Å². The highest BCUT2D eigenvalue weighted by molar-refractivity contribution is 5.65. The van der Waals surface area contributed by atoms with E-state index in [1.54, 1.807) is 0 Å². The van der Waals surface area contributed by atoms with Crippen LogP contribution in [0, 0.1) is 15.9 Å². The molecule has 3 atom stereocenters. The summed E-state index contributed by atoms with van der Waals surface area (Å²) in [6, 6.07) is 1.68. The average molecular weight is 299 g/mol. The van der Waals surface area contributed by atoms with Crippen molar-refractivity contribution in [2.24, 2.45) is 5.73 Å². The van der Waals surface area contributed by atoms with Crippen molar-refractivity contribution >= 4 is 11.4 Å². The van der Waals surface area contributed by atoms with Crippen LogP contribution in [0.3, 0.4) is 0 Å². The molecule has 1 fully saturated rings. The van der Waals surface area contributed by atoms with Crippen molar-refractivity contribution in [2.45, 2.75) is 31.5 Å². The molecule has 1 aromatic carbocycles. The van der Waals surface area contributed by atoms with Gasteiger partial charge in [-0.05, 0) is 13.3 Å². The summed E-state index contributed by atoms with van der Waals surface area (Å²) in [7, 11) is 1.30. The number of anilines is 1. The van der Waals surface area contributed by atoms with Crippen LogP contribution in [0.1, 0.15) is 13.3 Å². The Labute approximate surface area is 121 Å². The molecule has 1 aliphatic carbocycles. The van der Waals surface area contributed by atoms with Crippen molar-refractivity contribution in [3.05, 3.63) is 28.1 Å². The molecule has 3 unspecified atom stereocenters. The van der Waals surface area contributed by atoms with Crippen molar-refractivity contribution in [1.29, 1.82) is 0 Å². The number of ether oxygens (including phenoxy) is 2. The molecule has 8 heteroatoms. The van der Waals surface area contributed by atoms with Crippen LogP contribution in [0.15, 0.2) is 12.1 Å². The minimum atomic E-state index is -0.783. The molecule has 3 N–H and O–H groups in total. The second kappa shape index (κ2) is 6.23. The van der Waals surface area contributed by atoms with Crippen LogP contribution in [0.4, 0.5) is 15.8 Å². The predicted molar refractivity (Wildman–Crippen MR) is 75.0 cm³/mol. The highest BCUT2D eigenvalue weighted by Crippen LogP contribution is 2.35. The summed E-state index contributed by atoms with van der Waals surface area (Å²) < 4.78 is 23.9. The summed E-state index contributed by atoms with van der Waals surface area (Å²) in [5, 5.41) is 14.0. The summed E-state index contributed by atoms with van der Waals surface area (Å²) >= 11 is 0. The normalized spacial score (nSPS) is 24.3. The zero-order valence-electron chi connectivity index (χ0n) is 11.8. The van der Waals surface area contributed by atoms with E-state index in [1.165, 1.54) is 13.2 Å². The number of nitro groups is 1. The lowest BCUT2D eigenvalue weighted by atomic mass is 9.83. The molecule has 0 saturated heterocycles. The Morgan fingerprint density at radius 1 is 1.57 bits per heavy atom. The molecule has 0 aliphatic heterocycles. The first-order valence-electron chi connectivity index (χ1n) is 6.63. The van der Waals surface area contributed by atoms with E-state index < -0.39 is 10.7 Å². The smallest absolute Gasteiger partial charge is 0.295 e. The monoisotopic (exact) mass is 299 g/mol. The number of nitrogens with zero attached hydrogens (tertiary/aromatic N) is 1. The molecular weight excluding hydrogens is 281 g/mol. The van der Waals surface area contributed by atoms with Crippen LogP contribution in [-0.2, 0) is 4.74 Å². The summed E-state index contributed by atoms with van der Waals surface area (Å²) in [6.45, 7) is 2.40. The number of nitrogens with two attached hydrogens (primary N) is 1. The highest BCUT2D eigenvalue weighted by Gasteiger charge is 2.40. The number of nitrogens with one attached hydrogen (secondary N) is 1. The summed E-state index contributed by atoms with van der Waals surface area (Å²) in [5.74, 6) is -0.849. The fourth-order valence-corrected chi connectivity index (χ4v) is 2.37. The Morgan fingerprint density at radius 3 is 2.81 bits per heavy atom. The number of nitro benzene ring substituents is 1. The third-order valence-electron chi connectivity index (χ3n) is 3.54. The van der Waals surface area contributed by atoms with E-state index >= 15 is 0 Å². The van der Waals surface area contributed by atoms with E-state index in [9.17, 15) is 14.5 Å². The number of methoxy groups -OCH3 is 1. The lowest BCUT2D eigenvalue weighted by Crippen LogP contribution is -2.60. The second-order valence-corrected chi connectivity index (χ2v) is 4.82. The molecular formula is C13H18FN3O4. The SMILES string of the molecule is CCOC1CC(N)C1Nc1cc(OC)c(F)cc1[N+](=O)[O-]. The van der Waals surface area contributed by atoms with Crippen LogP contribution in [-0.4, -0.2) is 36.8 Å². The van der Waals surface area contributed by atoms with Gasteiger partial charge in [0.15, 0.2) is 11.6 Å². The Kier molecular flexibility index (Phi) is 4.59. The van der Waals surface area contributed by atoms with Gasteiger partial charge in [-0.1, -0.05) is 0 Å². The van der Waals surface area contributed by atoms with Gasteiger partial charge in [0.25, 0.3) is 5.69 Å². The number of hydrogen-bond donors (Lipinski definition) is 2. The Hall–Kier alpha value is -1.93. The van der Waals surface area contributed by atoms with Gasteiger partial charge in [0.05, 0.1) is 30.2 Å². The molecule has 21 heavy (non-hydrogen) atoms. The predicted octanol–water partition coefficient (Wildman–Crippen LogP) is 1.66. The standard InChI is InChI=1S/C13H18FN3O4/c1-3-21-12-5-8(15)13(12)16-9-6-11(20-2)7(14)4-10(9)17(18)19/h4,6,8,12-13,16H,3,5,15H2,1-2H3. The van der Waals surface area contributed by atoms with Gasteiger partial charge in [-0.3, -0.25) is 10.1 Å². The lowest BCUT2D eigenvalue weighted by Gasteiger charge is -2.42. The van der Waals surface area contributed by atoms with Gasteiger partial charge < -0.3 is 20.5 Å². The van der Waals surface area contributed by atoms with Gasteiger partial charge in [0.1, 0.15) is 5.69 Å². The van der Waals surface area contributed by atoms with Crippen LogP contribution >= 0.6 is 0 Å². The molecule has 0 amide bonds. The lowest BCUT2D eigenvalue weighted by molar-refractivity contribution is -0.384. The van der Waals surface area contributed by atoms with Gasteiger partial charge in [0, 0.05) is 18.7 Å². The zero-order chi connectivity index (χ0) is 15.6. The van der Waals surface area contributed by atoms with Crippen molar-refractivity contribution in [3.63, 3.8) is 0 Å². The maximum Gasteiger partial charge on any atom is 0.295 e. The van der Waals surface area contributed by atoms with Gasteiger partial charge >= 0.3 is 0 Å². The molecule has 7 nitrogen and oxygen atoms in total. The highest BCUT2D eigenvalue weighted by atomic mass is 19.1. The first-order valence-corrected chi connectivity index (χ1v) is 6.63. The number of halogens is 1. The van der Waals surface area contributed by atoms with E-state index in [0.717, 1.165) is 6.07 Å². The maximum absolute atomic E-state index is 13.6. The quantitative estimate of drug-likeness (QED) is 0.612. The molecule has 1 aromatic rings. The maximum atomic E-state index is 13.6. The number of rotatable bonds is 6. The Morgan fingerprint density at radius 2 is 2.29 bits per heavy atom. The van der Waals surface area contributed by atoms with Crippen LogP contribution in [0.25, 0.3) is 0 Å². The van der Waals surface area contributed by atoms with Gasteiger partial charge in [-0.2, -0.15) is 0 Å². The van der Waals surface area contributed by atoms with E-state index in [0.29, 0.717) is 13.0 Å². The molecule has 0 radical (unpaired) electrons. The molecule has 116 valence electrons. The molecule has 1 aliphatic rings. The number of hydrogen-bond acceptors (Lipinski definition) is 6.